The lowest BCUT2D eigenvalue weighted by Gasteiger charge is -2.21. The van der Waals surface area contributed by atoms with E-state index < -0.39 is 5.97 Å². The summed E-state index contributed by atoms with van der Waals surface area (Å²) in [5, 5.41) is 8.68. The maximum atomic E-state index is 12.5. The van der Waals surface area contributed by atoms with E-state index in [1.165, 1.54) is 12.8 Å². The van der Waals surface area contributed by atoms with Crippen molar-refractivity contribution in [2.45, 2.75) is 89.8 Å². The third kappa shape index (κ3) is 9.02. The van der Waals surface area contributed by atoms with E-state index in [2.05, 4.69) is 19.1 Å². The quantitative estimate of drug-likeness (QED) is 0.326. The summed E-state index contributed by atoms with van der Waals surface area (Å²) in [7, 11) is 3.42. The van der Waals surface area contributed by atoms with Crippen LogP contribution in [0.2, 0.25) is 0 Å². The normalized spacial score (nSPS) is 24.0. The van der Waals surface area contributed by atoms with Crippen LogP contribution in [0.1, 0.15) is 77.6 Å². The van der Waals surface area contributed by atoms with E-state index in [4.69, 9.17) is 14.6 Å². The Morgan fingerprint density at radius 3 is 2.56 bits per heavy atom. The van der Waals surface area contributed by atoms with Gasteiger partial charge in [-0.05, 0) is 19.3 Å². The van der Waals surface area contributed by atoms with Gasteiger partial charge in [0.2, 0.25) is 0 Å². The number of carbonyl (C=O) groups excluding carboxylic acids is 1. The molecule has 1 rings (SSSR count). The number of methoxy groups -OCH3 is 2. The van der Waals surface area contributed by atoms with Crippen molar-refractivity contribution in [3.63, 3.8) is 0 Å². The smallest absolute Gasteiger partial charge is 0.303 e. The van der Waals surface area contributed by atoms with Crippen molar-refractivity contribution in [1.29, 1.82) is 0 Å². The van der Waals surface area contributed by atoms with Crippen LogP contribution in [0.15, 0.2) is 12.2 Å². The van der Waals surface area contributed by atoms with Gasteiger partial charge in [-0.2, -0.15) is 0 Å². The number of unbranched alkanes of at least 4 members (excludes halogenated alkanes) is 5. The average molecular weight is 383 g/mol. The number of ketones is 1. The zero-order valence-corrected chi connectivity index (χ0v) is 17.3. The van der Waals surface area contributed by atoms with Crippen molar-refractivity contribution in [3.05, 3.63) is 12.2 Å². The molecule has 0 amide bonds. The summed E-state index contributed by atoms with van der Waals surface area (Å²) in [6.45, 7) is 2.19. The van der Waals surface area contributed by atoms with Crippen LogP contribution in [0.5, 0.6) is 0 Å². The monoisotopic (exact) mass is 382 g/mol. The molecule has 2 unspecified atom stereocenters. The molecule has 1 fully saturated rings. The predicted molar refractivity (Wildman–Crippen MR) is 107 cm³/mol. The molecular formula is C22H38O5. The molecule has 1 saturated carbocycles. The van der Waals surface area contributed by atoms with Crippen LogP contribution in [-0.2, 0) is 19.1 Å². The second-order valence-electron chi connectivity index (χ2n) is 7.63. The molecule has 156 valence electrons. The van der Waals surface area contributed by atoms with Crippen LogP contribution < -0.4 is 0 Å². The SMILES string of the molecule is CCCCCC(C=C[C@H]1C(OC)CC(=O)[C@@H]1CCCCCCC(=O)O)OC. The minimum atomic E-state index is -0.735. The fourth-order valence-corrected chi connectivity index (χ4v) is 3.95. The third-order valence-corrected chi connectivity index (χ3v) is 5.61. The Bertz CT molecular complexity index is 460. The molecule has 5 nitrogen and oxygen atoms in total. The molecule has 5 heteroatoms. The summed E-state index contributed by atoms with van der Waals surface area (Å²) < 4.78 is 11.2. The molecule has 1 N–H and O–H groups in total. The minimum absolute atomic E-state index is 0.0128. The number of aliphatic carboxylic acids is 1. The highest BCUT2D eigenvalue weighted by atomic mass is 16.5. The van der Waals surface area contributed by atoms with E-state index in [1.54, 1.807) is 14.2 Å². The van der Waals surface area contributed by atoms with Gasteiger partial charge in [0, 0.05) is 38.9 Å². The summed E-state index contributed by atoms with van der Waals surface area (Å²) in [6.07, 6.45) is 14.0. The largest absolute Gasteiger partial charge is 0.481 e. The maximum absolute atomic E-state index is 12.5. The van der Waals surface area contributed by atoms with Gasteiger partial charge in [0.05, 0.1) is 12.2 Å². The lowest BCUT2D eigenvalue weighted by Crippen LogP contribution is -2.21. The Kier molecular flexibility index (Phi) is 12.3. The van der Waals surface area contributed by atoms with Crippen LogP contribution in [0.4, 0.5) is 0 Å². The number of hydrogen-bond acceptors (Lipinski definition) is 4. The highest BCUT2D eigenvalue weighted by Gasteiger charge is 2.40. The van der Waals surface area contributed by atoms with Crippen molar-refractivity contribution in [2.24, 2.45) is 11.8 Å². The molecule has 0 spiro atoms. The minimum Gasteiger partial charge on any atom is -0.481 e. The number of hydrogen-bond donors (Lipinski definition) is 1. The second kappa shape index (κ2) is 13.9. The molecule has 0 saturated heterocycles. The molecule has 0 radical (unpaired) electrons. The zero-order chi connectivity index (χ0) is 20.1. The van der Waals surface area contributed by atoms with E-state index in [0.717, 1.165) is 38.5 Å². The molecule has 0 heterocycles. The highest BCUT2D eigenvalue weighted by Crippen LogP contribution is 2.36. The van der Waals surface area contributed by atoms with Crippen molar-refractivity contribution >= 4 is 11.8 Å². The van der Waals surface area contributed by atoms with Gasteiger partial charge in [-0.15, -0.1) is 0 Å². The molecule has 1 aliphatic carbocycles. The average Bonchev–Trinajstić information content (AvgIpc) is 2.95. The van der Waals surface area contributed by atoms with Crippen molar-refractivity contribution in [2.75, 3.05) is 14.2 Å². The van der Waals surface area contributed by atoms with E-state index >= 15 is 0 Å². The van der Waals surface area contributed by atoms with Crippen LogP contribution in [-0.4, -0.2) is 43.3 Å². The van der Waals surface area contributed by atoms with Gasteiger partial charge in [-0.3, -0.25) is 9.59 Å². The summed E-state index contributed by atoms with van der Waals surface area (Å²) >= 11 is 0. The van der Waals surface area contributed by atoms with Gasteiger partial charge in [-0.25, -0.2) is 0 Å². The summed E-state index contributed by atoms with van der Waals surface area (Å²) in [6, 6.07) is 0. The first-order valence-corrected chi connectivity index (χ1v) is 10.5. The molecule has 0 bridgehead atoms. The van der Waals surface area contributed by atoms with Gasteiger partial charge in [0.25, 0.3) is 0 Å². The molecule has 4 atom stereocenters. The number of rotatable bonds is 15. The molecule has 1 aliphatic rings. The van der Waals surface area contributed by atoms with E-state index in [1.807, 2.05) is 0 Å². The van der Waals surface area contributed by atoms with E-state index in [9.17, 15) is 9.59 Å². The summed E-state index contributed by atoms with van der Waals surface area (Å²) in [4.78, 5) is 23.0. The van der Waals surface area contributed by atoms with Gasteiger partial charge in [-0.1, -0.05) is 57.6 Å². The first kappa shape index (κ1) is 23.8. The second-order valence-corrected chi connectivity index (χ2v) is 7.63. The Morgan fingerprint density at radius 2 is 1.93 bits per heavy atom. The molecular weight excluding hydrogens is 344 g/mol. The first-order chi connectivity index (χ1) is 13.0. The maximum Gasteiger partial charge on any atom is 0.303 e. The van der Waals surface area contributed by atoms with Crippen LogP contribution in [0.3, 0.4) is 0 Å². The summed E-state index contributed by atoms with van der Waals surface area (Å²) in [5.74, 6) is -0.313. The number of carboxylic acids is 1. The molecule has 0 aromatic heterocycles. The Morgan fingerprint density at radius 1 is 1.19 bits per heavy atom. The number of Topliss-reactive ketones (excluding diaryl/α,β-unsaturated/α-hetero) is 1. The molecule has 0 aromatic carbocycles. The fourth-order valence-electron chi connectivity index (χ4n) is 3.95. The van der Waals surface area contributed by atoms with Crippen molar-refractivity contribution in [3.8, 4) is 0 Å². The van der Waals surface area contributed by atoms with Crippen LogP contribution in [0.25, 0.3) is 0 Å². The Labute approximate surface area is 164 Å². The van der Waals surface area contributed by atoms with Crippen molar-refractivity contribution in [1.82, 2.24) is 0 Å². The Balaban J connectivity index is 2.54. The standard InChI is InChI=1S/C22H38O5/c1-4-5-8-11-17(26-2)14-15-19-18(20(23)16-21(19)27-3)12-9-6-7-10-13-22(24)25/h14-15,17-19,21H,4-13,16H2,1-3H3,(H,24,25)/t17?,18-,19-,21?/m1/s1. The number of carbonyl (C=O) groups is 2. The van der Waals surface area contributed by atoms with Gasteiger partial charge in [0.1, 0.15) is 5.78 Å². The third-order valence-electron chi connectivity index (χ3n) is 5.61. The summed E-state index contributed by atoms with van der Waals surface area (Å²) in [5.41, 5.74) is 0. The lowest BCUT2D eigenvalue weighted by atomic mass is 9.88. The Hall–Kier alpha value is -1.20. The van der Waals surface area contributed by atoms with Crippen molar-refractivity contribution < 1.29 is 24.2 Å². The molecule has 0 aliphatic heterocycles. The fraction of sp³-hybridized carbons (Fsp3) is 0.818. The van der Waals surface area contributed by atoms with E-state index in [-0.39, 0.29) is 30.5 Å². The lowest BCUT2D eigenvalue weighted by molar-refractivity contribution is -0.137. The van der Waals surface area contributed by atoms with Crippen LogP contribution >= 0.6 is 0 Å². The van der Waals surface area contributed by atoms with Gasteiger partial charge in [0.15, 0.2) is 0 Å². The highest BCUT2D eigenvalue weighted by molar-refractivity contribution is 5.84. The number of ether oxygens (including phenoxy) is 2. The van der Waals surface area contributed by atoms with Gasteiger partial charge < -0.3 is 14.6 Å². The topological polar surface area (TPSA) is 72.8 Å². The van der Waals surface area contributed by atoms with Crippen LogP contribution in [0, 0.1) is 11.8 Å². The first-order valence-electron chi connectivity index (χ1n) is 10.5. The number of carboxylic acid groups (broad SMARTS) is 1. The molecule has 0 aromatic rings. The predicted octanol–water partition coefficient (Wildman–Crippen LogP) is 4.78. The molecule has 27 heavy (non-hydrogen) atoms. The van der Waals surface area contributed by atoms with E-state index in [0.29, 0.717) is 18.6 Å². The zero-order valence-electron chi connectivity index (χ0n) is 17.3. The van der Waals surface area contributed by atoms with Gasteiger partial charge >= 0.3 is 5.97 Å².